The third-order valence-corrected chi connectivity index (χ3v) is 4.09. The van der Waals surface area contributed by atoms with Gasteiger partial charge in [-0.1, -0.05) is 13.8 Å². The molecular formula is C16H29N3O. The van der Waals surface area contributed by atoms with Crippen LogP contribution in [0.15, 0.2) is 6.20 Å². The Labute approximate surface area is 122 Å². The SMILES string of the molecule is CCCNC(CCC1CCCO1)c1cn(C)nc1CC. The lowest BCUT2D eigenvalue weighted by atomic mass is 9.98. The zero-order valence-corrected chi connectivity index (χ0v) is 13.2. The third-order valence-electron chi connectivity index (χ3n) is 4.09. The Morgan fingerprint density at radius 3 is 3.00 bits per heavy atom. The highest BCUT2D eigenvalue weighted by Gasteiger charge is 2.21. The molecule has 0 spiro atoms. The standard InChI is InChI=1S/C16H29N3O/c1-4-10-17-16(9-8-13-7-6-11-20-13)14-12-19(3)18-15(14)5-2/h12-13,16-17H,4-11H2,1-3H3. The predicted molar refractivity (Wildman–Crippen MR) is 81.8 cm³/mol. The fourth-order valence-corrected chi connectivity index (χ4v) is 3.03. The van der Waals surface area contributed by atoms with E-state index in [4.69, 9.17) is 4.74 Å². The van der Waals surface area contributed by atoms with E-state index in [1.54, 1.807) is 0 Å². The smallest absolute Gasteiger partial charge is 0.0669 e. The number of aryl methyl sites for hydroxylation is 2. The van der Waals surface area contributed by atoms with E-state index in [0.717, 1.165) is 38.8 Å². The third kappa shape index (κ3) is 4.06. The minimum atomic E-state index is 0.419. The van der Waals surface area contributed by atoms with Gasteiger partial charge in [-0.05, 0) is 45.1 Å². The molecule has 1 aliphatic heterocycles. The summed E-state index contributed by atoms with van der Waals surface area (Å²) < 4.78 is 7.70. The van der Waals surface area contributed by atoms with Crippen LogP contribution >= 0.6 is 0 Å². The van der Waals surface area contributed by atoms with Crippen molar-refractivity contribution in [2.75, 3.05) is 13.2 Å². The van der Waals surface area contributed by atoms with Crippen LogP contribution in [-0.4, -0.2) is 29.0 Å². The lowest BCUT2D eigenvalue weighted by Gasteiger charge is -2.20. The first-order valence-electron chi connectivity index (χ1n) is 8.12. The van der Waals surface area contributed by atoms with Gasteiger partial charge in [0, 0.05) is 31.5 Å². The lowest BCUT2D eigenvalue weighted by Crippen LogP contribution is -2.24. The van der Waals surface area contributed by atoms with Crippen LogP contribution in [0, 0.1) is 0 Å². The molecule has 4 heteroatoms. The molecule has 2 atom stereocenters. The molecule has 0 saturated carbocycles. The fourth-order valence-electron chi connectivity index (χ4n) is 3.03. The summed E-state index contributed by atoms with van der Waals surface area (Å²) in [5, 5.41) is 8.27. The number of hydrogen-bond donors (Lipinski definition) is 1. The van der Waals surface area contributed by atoms with Gasteiger partial charge in [0.25, 0.3) is 0 Å². The first kappa shape index (κ1) is 15.5. The van der Waals surface area contributed by atoms with Crippen LogP contribution in [0.5, 0.6) is 0 Å². The van der Waals surface area contributed by atoms with Gasteiger partial charge in [0.15, 0.2) is 0 Å². The largest absolute Gasteiger partial charge is 0.378 e. The molecule has 1 saturated heterocycles. The summed E-state index contributed by atoms with van der Waals surface area (Å²) in [6.45, 7) is 6.41. The number of hydrogen-bond acceptors (Lipinski definition) is 3. The van der Waals surface area contributed by atoms with Crippen LogP contribution in [0.4, 0.5) is 0 Å². The Morgan fingerprint density at radius 1 is 1.50 bits per heavy atom. The van der Waals surface area contributed by atoms with E-state index in [1.165, 1.54) is 24.1 Å². The van der Waals surface area contributed by atoms with Crippen molar-refractivity contribution in [1.82, 2.24) is 15.1 Å². The number of ether oxygens (including phenoxy) is 1. The molecule has 2 unspecified atom stereocenters. The molecule has 1 aliphatic rings. The zero-order valence-electron chi connectivity index (χ0n) is 13.2. The predicted octanol–water partition coefficient (Wildman–Crippen LogP) is 2.98. The Bertz CT molecular complexity index is 396. The summed E-state index contributed by atoms with van der Waals surface area (Å²) in [7, 11) is 2.01. The van der Waals surface area contributed by atoms with Crippen LogP contribution in [0.1, 0.15) is 63.3 Å². The highest BCUT2D eigenvalue weighted by Crippen LogP contribution is 2.26. The van der Waals surface area contributed by atoms with Crippen LogP contribution < -0.4 is 5.32 Å². The van der Waals surface area contributed by atoms with Gasteiger partial charge in [-0.25, -0.2) is 0 Å². The maximum absolute atomic E-state index is 5.76. The summed E-state index contributed by atoms with van der Waals surface area (Å²) >= 11 is 0. The van der Waals surface area contributed by atoms with E-state index in [9.17, 15) is 0 Å². The summed E-state index contributed by atoms with van der Waals surface area (Å²) in [6, 6.07) is 0.419. The van der Waals surface area contributed by atoms with E-state index in [-0.39, 0.29) is 0 Å². The summed E-state index contributed by atoms with van der Waals surface area (Å²) in [5.74, 6) is 0. The molecule has 1 fully saturated rings. The van der Waals surface area contributed by atoms with Crippen molar-refractivity contribution >= 4 is 0 Å². The summed E-state index contributed by atoms with van der Waals surface area (Å²) in [4.78, 5) is 0. The van der Waals surface area contributed by atoms with Gasteiger partial charge >= 0.3 is 0 Å². The molecule has 0 amide bonds. The van der Waals surface area contributed by atoms with E-state index in [2.05, 4.69) is 30.5 Å². The van der Waals surface area contributed by atoms with Crippen molar-refractivity contribution in [3.63, 3.8) is 0 Å². The second-order valence-electron chi connectivity index (χ2n) is 5.78. The molecule has 1 aromatic rings. The second kappa shape index (κ2) is 7.79. The maximum atomic E-state index is 5.76. The highest BCUT2D eigenvalue weighted by molar-refractivity contribution is 5.21. The van der Waals surface area contributed by atoms with Crippen molar-refractivity contribution in [3.8, 4) is 0 Å². The molecule has 0 aliphatic carbocycles. The molecule has 1 aromatic heterocycles. The van der Waals surface area contributed by atoms with Crippen LogP contribution in [-0.2, 0) is 18.2 Å². The second-order valence-corrected chi connectivity index (χ2v) is 5.78. The highest BCUT2D eigenvalue weighted by atomic mass is 16.5. The average Bonchev–Trinajstić information content (AvgIpc) is 3.08. The minimum Gasteiger partial charge on any atom is -0.378 e. The molecule has 0 aromatic carbocycles. The fraction of sp³-hybridized carbons (Fsp3) is 0.812. The first-order chi connectivity index (χ1) is 9.74. The Balaban J connectivity index is 2.00. The van der Waals surface area contributed by atoms with Gasteiger partial charge in [-0.3, -0.25) is 4.68 Å². The van der Waals surface area contributed by atoms with E-state index in [0.29, 0.717) is 12.1 Å². The van der Waals surface area contributed by atoms with Crippen molar-refractivity contribution in [3.05, 3.63) is 17.5 Å². The number of nitrogens with zero attached hydrogens (tertiary/aromatic N) is 2. The van der Waals surface area contributed by atoms with Crippen molar-refractivity contribution in [1.29, 1.82) is 0 Å². The number of aromatic nitrogens is 2. The van der Waals surface area contributed by atoms with Gasteiger partial charge in [0.05, 0.1) is 11.8 Å². The van der Waals surface area contributed by atoms with Crippen LogP contribution in [0.2, 0.25) is 0 Å². The van der Waals surface area contributed by atoms with Gasteiger partial charge in [0.1, 0.15) is 0 Å². The van der Waals surface area contributed by atoms with Gasteiger partial charge in [-0.2, -0.15) is 5.10 Å². The van der Waals surface area contributed by atoms with Crippen LogP contribution in [0.25, 0.3) is 0 Å². The van der Waals surface area contributed by atoms with Crippen molar-refractivity contribution in [2.24, 2.45) is 7.05 Å². The Hall–Kier alpha value is -0.870. The van der Waals surface area contributed by atoms with E-state index >= 15 is 0 Å². The first-order valence-corrected chi connectivity index (χ1v) is 8.12. The molecular weight excluding hydrogens is 250 g/mol. The Kier molecular flexibility index (Phi) is 6.05. The number of rotatable bonds is 8. The molecule has 1 N–H and O–H groups in total. The van der Waals surface area contributed by atoms with Gasteiger partial charge in [0.2, 0.25) is 0 Å². The van der Waals surface area contributed by atoms with Crippen molar-refractivity contribution < 1.29 is 4.74 Å². The van der Waals surface area contributed by atoms with Crippen LogP contribution in [0.3, 0.4) is 0 Å². The number of nitrogens with one attached hydrogen (secondary N) is 1. The quantitative estimate of drug-likeness (QED) is 0.795. The molecule has 2 heterocycles. The lowest BCUT2D eigenvalue weighted by molar-refractivity contribution is 0.0995. The molecule has 0 radical (unpaired) electrons. The molecule has 114 valence electrons. The summed E-state index contributed by atoms with van der Waals surface area (Å²) in [5.41, 5.74) is 2.61. The molecule has 2 rings (SSSR count). The molecule has 20 heavy (non-hydrogen) atoms. The average molecular weight is 279 g/mol. The van der Waals surface area contributed by atoms with E-state index in [1.807, 2.05) is 11.7 Å². The molecule has 4 nitrogen and oxygen atoms in total. The maximum Gasteiger partial charge on any atom is 0.0669 e. The Morgan fingerprint density at radius 2 is 2.35 bits per heavy atom. The van der Waals surface area contributed by atoms with E-state index < -0.39 is 0 Å². The molecule has 0 bridgehead atoms. The van der Waals surface area contributed by atoms with Gasteiger partial charge in [-0.15, -0.1) is 0 Å². The van der Waals surface area contributed by atoms with Crippen molar-refractivity contribution in [2.45, 2.75) is 64.5 Å². The monoisotopic (exact) mass is 279 g/mol. The van der Waals surface area contributed by atoms with Gasteiger partial charge < -0.3 is 10.1 Å². The summed E-state index contributed by atoms with van der Waals surface area (Å²) in [6.07, 6.45) is 9.57. The minimum absolute atomic E-state index is 0.419. The topological polar surface area (TPSA) is 39.1 Å². The zero-order chi connectivity index (χ0) is 14.4. The normalized spacial score (nSPS) is 20.4.